The van der Waals surface area contributed by atoms with E-state index in [-0.39, 0.29) is 11.4 Å². The van der Waals surface area contributed by atoms with Crippen molar-refractivity contribution in [3.05, 3.63) is 28.7 Å². The highest BCUT2D eigenvalue weighted by Crippen LogP contribution is 2.03. The van der Waals surface area contributed by atoms with Gasteiger partial charge in [0, 0.05) is 18.8 Å². The first-order valence-electron chi connectivity index (χ1n) is 4.43. The maximum absolute atomic E-state index is 11.5. The maximum atomic E-state index is 11.5. The lowest BCUT2D eigenvalue weighted by atomic mass is 10.4. The minimum atomic E-state index is -3.77. The number of aliphatic hydroxyl groups excluding tert-OH is 2. The van der Waals surface area contributed by atoms with Gasteiger partial charge in [0.05, 0.1) is 17.6 Å². The average molecular weight is 248 g/mol. The van der Waals surface area contributed by atoms with Crippen LogP contribution in [-0.4, -0.2) is 42.9 Å². The van der Waals surface area contributed by atoms with Gasteiger partial charge < -0.3 is 15.2 Å². The number of H-pyrrole nitrogens is 1. The van der Waals surface area contributed by atoms with Crippen molar-refractivity contribution < 1.29 is 18.6 Å². The summed E-state index contributed by atoms with van der Waals surface area (Å²) in [5.41, 5.74) is -0.408. The Hall–Kier alpha value is -1.22. The normalized spacial score (nSPS) is 13.6. The molecule has 1 rings (SSSR count). The Bertz CT molecular complexity index is 475. The van der Waals surface area contributed by atoms with E-state index in [0.29, 0.717) is 0 Å². The van der Waals surface area contributed by atoms with Gasteiger partial charge in [-0.3, -0.25) is 4.79 Å². The molecule has 1 aromatic heterocycles. The molecule has 0 saturated heterocycles. The summed E-state index contributed by atoms with van der Waals surface area (Å²) in [6, 6.07) is 2.23. The van der Waals surface area contributed by atoms with Crippen LogP contribution in [0.2, 0.25) is 0 Å². The molecule has 1 unspecified atom stereocenters. The van der Waals surface area contributed by atoms with Gasteiger partial charge in [-0.25, -0.2) is 13.1 Å². The second-order valence-electron chi connectivity index (χ2n) is 3.08. The van der Waals surface area contributed by atoms with Crippen LogP contribution in [0.15, 0.2) is 28.0 Å². The molecule has 0 aromatic carbocycles. The van der Waals surface area contributed by atoms with Gasteiger partial charge in [0.25, 0.3) is 0 Å². The molecular formula is C8H12N2O5S. The van der Waals surface area contributed by atoms with Gasteiger partial charge in [0.15, 0.2) is 0 Å². The monoisotopic (exact) mass is 248 g/mol. The van der Waals surface area contributed by atoms with Crippen LogP contribution in [-0.2, 0) is 10.0 Å². The van der Waals surface area contributed by atoms with Crippen LogP contribution in [0.3, 0.4) is 0 Å². The molecule has 0 aliphatic carbocycles. The van der Waals surface area contributed by atoms with Crippen molar-refractivity contribution in [2.24, 2.45) is 0 Å². The van der Waals surface area contributed by atoms with Gasteiger partial charge in [-0.05, 0) is 6.07 Å². The zero-order valence-electron chi connectivity index (χ0n) is 8.25. The lowest BCUT2D eigenvalue weighted by molar-refractivity contribution is 0.0988. The van der Waals surface area contributed by atoms with Crippen molar-refractivity contribution >= 4 is 10.0 Å². The van der Waals surface area contributed by atoms with Gasteiger partial charge in [-0.15, -0.1) is 0 Å². The molecule has 0 bridgehead atoms. The van der Waals surface area contributed by atoms with Crippen LogP contribution in [0.5, 0.6) is 0 Å². The second-order valence-corrected chi connectivity index (χ2v) is 4.84. The lowest BCUT2D eigenvalue weighted by Crippen LogP contribution is -2.34. The molecule has 1 atom stereocenters. The van der Waals surface area contributed by atoms with Crippen LogP contribution < -0.4 is 10.3 Å². The van der Waals surface area contributed by atoms with E-state index in [1.165, 1.54) is 0 Å². The summed E-state index contributed by atoms with van der Waals surface area (Å²) in [6.45, 7) is -0.827. The molecule has 0 radical (unpaired) electrons. The largest absolute Gasteiger partial charge is 0.394 e. The maximum Gasteiger partial charge on any atom is 0.247 e. The van der Waals surface area contributed by atoms with Crippen molar-refractivity contribution in [3.63, 3.8) is 0 Å². The number of nitrogens with one attached hydrogen (secondary N) is 2. The number of aromatic amines is 1. The Balaban J connectivity index is 2.78. The molecule has 7 nitrogen and oxygen atoms in total. The van der Waals surface area contributed by atoms with Crippen molar-refractivity contribution in [2.45, 2.75) is 11.0 Å². The highest BCUT2D eigenvalue weighted by molar-refractivity contribution is 7.89. The van der Waals surface area contributed by atoms with Crippen LogP contribution in [0.25, 0.3) is 0 Å². The fraction of sp³-hybridized carbons (Fsp3) is 0.375. The minimum absolute atomic E-state index is 0.114. The van der Waals surface area contributed by atoms with E-state index in [9.17, 15) is 13.2 Å². The van der Waals surface area contributed by atoms with E-state index in [2.05, 4.69) is 9.71 Å². The van der Waals surface area contributed by atoms with E-state index in [1.807, 2.05) is 0 Å². The summed E-state index contributed by atoms with van der Waals surface area (Å²) in [5, 5.41) is 17.5. The Labute approximate surface area is 91.8 Å². The molecule has 4 N–H and O–H groups in total. The highest BCUT2D eigenvalue weighted by atomic mass is 32.2. The number of sulfonamides is 1. The summed E-state index contributed by atoms with van der Waals surface area (Å²) in [5.74, 6) is 0. The minimum Gasteiger partial charge on any atom is -0.394 e. The average Bonchev–Trinajstić information content (AvgIpc) is 2.26. The lowest BCUT2D eigenvalue weighted by Gasteiger charge is -2.09. The zero-order chi connectivity index (χ0) is 12.2. The van der Waals surface area contributed by atoms with Gasteiger partial charge in [0.1, 0.15) is 0 Å². The predicted molar refractivity (Wildman–Crippen MR) is 55.3 cm³/mol. The smallest absolute Gasteiger partial charge is 0.247 e. The molecular weight excluding hydrogens is 236 g/mol. The Morgan fingerprint density at radius 3 is 2.62 bits per heavy atom. The molecule has 0 fully saturated rings. The van der Waals surface area contributed by atoms with Gasteiger partial charge in [0.2, 0.25) is 15.6 Å². The number of pyridine rings is 1. The third-order valence-electron chi connectivity index (χ3n) is 1.79. The fourth-order valence-corrected chi connectivity index (χ4v) is 1.96. The quantitative estimate of drug-likeness (QED) is 0.481. The van der Waals surface area contributed by atoms with Crippen LogP contribution in [0, 0.1) is 0 Å². The summed E-state index contributed by atoms with van der Waals surface area (Å²) in [6.07, 6.45) is -0.103. The first kappa shape index (κ1) is 12.8. The Kier molecular flexibility index (Phi) is 4.19. The fourth-order valence-electron chi connectivity index (χ4n) is 0.917. The summed E-state index contributed by atoms with van der Waals surface area (Å²) in [4.78, 5) is 12.8. The predicted octanol–water partition coefficient (Wildman–Crippen LogP) is -1.99. The third-order valence-corrected chi connectivity index (χ3v) is 3.21. The summed E-state index contributed by atoms with van der Waals surface area (Å²) < 4.78 is 25.2. The van der Waals surface area contributed by atoms with Crippen molar-refractivity contribution in [3.8, 4) is 0 Å². The summed E-state index contributed by atoms with van der Waals surface area (Å²) >= 11 is 0. The van der Waals surface area contributed by atoms with Crippen LogP contribution >= 0.6 is 0 Å². The molecule has 1 heterocycles. The molecule has 0 aliphatic rings. The Morgan fingerprint density at radius 2 is 2.12 bits per heavy atom. The third kappa shape index (κ3) is 3.42. The number of hydrogen-bond donors (Lipinski definition) is 4. The van der Waals surface area contributed by atoms with E-state index < -0.39 is 28.3 Å². The molecule has 0 saturated carbocycles. The van der Waals surface area contributed by atoms with Gasteiger partial charge >= 0.3 is 0 Å². The topological polar surface area (TPSA) is 119 Å². The van der Waals surface area contributed by atoms with Crippen molar-refractivity contribution in [2.75, 3.05) is 13.2 Å². The number of rotatable bonds is 5. The number of hydrogen-bond acceptors (Lipinski definition) is 5. The van der Waals surface area contributed by atoms with E-state index in [0.717, 1.165) is 18.3 Å². The molecule has 0 spiro atoms. The molecule has 8 heteroatoms. The van der Waals surface area contributed by atoms with E-state index in [4.69, 9.17) is 10.2 Å². The molecule has 90 valence electrons. The van der Waals surface area contributed by atoms with Crippen LogP contribution in [0.4, 0.5) is 0 Å². The summed E-state index contributed by atoms with van der Waals surface area (Å²) in [7, 11) is -3.77. The molecule has 1 aromatic rings. The zero-order valence-corrected chi connectivity index (χ0v) is 9.07. The van der Waals surface area contributed by atoms with E-state index >= 15 is 0 Å². The first-order chi connectivity index (χ1) is 7.45. The van der Waals surface area contributed by atoms with Crippen molar-refractivity contribution in [1.29, 1.82) is 0 Å². The molecule has 16 heavy (non-hydrogen) atoms. The molecule has 0 amide bonds. The number of aromatic nitrogens is 1. The van der Waals surface area contributed by atoms with E-state index in [1.54, 1.807) is 0 Å². The SMILES string of the molecule is O=c1ccc(S(=O)(=O)NCC(O)CO)c[nH]1. The second kappa shape index (κ2) is 5.21. The molecule has 0 aliphatic heterocycles. The Morgan fingerprint density at radius 1 is 1.44 bits per heavy atom. The standard InChI is InChI=1S/C8H12N2O5S/c11-5-6(12)3-10-16(14,15)7-1-2-8(13)9-4-7/h1-2,4,6,10-12H,3,5H2,(H,9,13). The van der Waals surface area contributed by atoms with Crippen molar-refractivity contribution in [1.82, 2.24) is 9.71 Å². The van der Waals surface area contributed by atoms with Crippen LogP contribution in [0.1, 0.15) is 0 Å². The van der Waals surface area contributed by atoms with Gasteiger partial charge in [-0.2, -0.15) is 0 Å². The first-order valence-corrected chi connectivity index (χ1v) is 5.91. The number of aliphatic hydroxyl groups is 2. The highest BCUT2D eigenvalue weighted by Gasteiger charge is 2.15. The van der Waals surface area contributed by atoms with Gasteiger partial charge in [-0.1, -0.05) is 0 Å².